The van der Waals surface area contributed by atoms with Crippen LogP contribution in [0.15, 0.2) is 48.1 Å². The normalized spacial score (nSPS) is 13.7. The fourth-order valence-corrected chi connectivity index (χ4v) is 4.46. The van der Waals surface area contributed by atoms with Crippen molar-refractivity contribution < 1.29 is 4.79 Å². The lowest BCUT2D eigenvalue weighted by molar-refractivity contribution is -0.114. The molecule has 9 N–H and O–H groups in total. The molecule has 2 heterocycles. The SMILES string of the molecule is CCCSCC(CC(CC)NCCC#N)Nc1nc(N/C(N)=C/C=C(\N)C(N)=O)cc2ncccc12. The predicted octanol–water partition coefficient (Wildman–Crippen LogP) is 2.77. The maximum absolute atomic E-state index is 11.1. The lowest BCUT2D eigenvalue weighted by Crippen LogP contribution is -2.36. The van der Waals surface area contributed by atoms with E-state index in [1.165, 1.54) is 12.2 Å². The zero-order valence-corrected chi connectivity index (χ0v) is 21.8. The van der Waals surface area contributed by atoms with Crippen molar-refractivity contribution in [3.63, 3.8) is 0 Å². The van der Waals surface area contributed by atoms with E-state index in [0.29, 0.717) is 24.6 Å². The Bertz CT molecular complexity index is 1100. The molecule has 0 aliphatic rings. The number of aromatic nitrogens is 2. The first kappa shape index (κ1) is 28.7. The molecule has 0 aliphatic heterocycles. The third kappa shape index (κ3) is 9.64. The van der Waals surface area contributed by atoms with Gasteiger partial charge < -0.3 is 33.2 Å². The lowest BCUT2D eigenvalue weighted by atomic mass is 10.1. The monoisotopic (exact) mass is 511 g/mol. The van der Waals surface area contributed by atoms with Gasteiger partial charge in [0.15, 0.2) is 0 Å². The highest BCUT2D eigenvalue weighted by molar-refractivity contribution is 7.99. The standard InChI is InChI=1S/C25H37N9OS/c1-3-13-36-16-18(14-17(4-2)30-12-6-10-26)32-25-19-7-5-11-31-21(19)15-23(34-25)33-22(28)9-8-20(27)24(29)35/h5,7-9,11,15,17-18,30H,3-4,6,12-14,16,27-28H2,1-2H3,(H2,29,35)(H2,32,33,34)/b20-8-,22-9+. The van der Waals surface area contributed by atoms with Gasteiger partial charge in [0.05, 0.1) is 17.3 Å². The molecule has 2 aromatic heterocycles. The van der Waals surface area contributed by atoms with Gasteiger partial charge in [-0.15, -0.1) is 0 Å². The minimum Gasteiger partial charge on any atom is -0.394 e. The Hall–Kier alpha value is -3.49. The van der Waals surface area contributed by atoms with Crippen molar-refractivity contribution in [3.05, 3.63) is 48.1 Å². The van der Waals surface area contributed by atoms with Gasteiger partial charge in [0.1, 0.15) is 17.5 Å². The van der Waals surface area contributed by atoms with E-state index in [4.69, 9.17) is 27.4 Å². The quantitative estimate of drug-likeness (QED) is 0.111. The lowest BCUT2D eigenvalue weighted by Gasteiger charge is -2.25. The van der Waals surface area contributed by atoms with Crippen molar-refractivity contribution in [1.29, 1.82) is 5.26 Å². The fraction of sp³-hybridized carbons (Fsp3) is 0.440. The number of allylic oxidation sites excluding steroid dienone is 2. The molecule has 0 saturated carbocycles. The van der Waals surface area contributed by atoms with Crippen molar-refractivity contribution in [1.82, 2.24) is 15.3 Å². The van der Waals surface area contributed by atoms with Crippen LogP contribution in [0, 0.1) is 11.3 Å². The van der Waals surface area contributed by atoms with E-state index >= 15 is 0 Å². The Morgan fingerprint density at radius 1 is 1.25 bits per heavy atom. The Morgan fingerprint density at radius 3 is 2.75 bits per heavy atom. The average Bonchev–Trinajstić information content (AvgIpc) is 2.86. The number of pyridine rings is 2. The van der Waals surface area contributed by atoms with Crippen molar-refractivity contribution in [2.75, 3.05) is 28.7 Å². The van der Waals surface area contributed by atoms with E-state index in [0.717, 1.165) is 41.7 Å². The number of carbonyl (C=O) groups excluding carboxylic acids is 1. The first-order chi connectivity index (χ1) is 17.4. The van der Waals surface area contributed by atoms with Gasteiger partial charge in [-0.05, 0) is 49.3 Å². The number of nitriles is 1. The van der Waals surface area contributed by atoms with Crippen LogP contribution in [0.2, 0.25) is 0 Å². The van der Waals surface area contributed by atoms with Gasteiger partial charge in [0.2, 0.25) is 0 Å². The number of amides is 1. The number of primary amides is 1. The second kappa shape index (κ2) is 15.5. The first-order valence-electron chi connectivity index (χ1n) is 12.1. The topological polar surface area (TPSA) is 181 Å². The summed E-state index contributed by atoms with van der Waals surface area (Å²) in [6.45, 7) is 5.00. The van der Waals surface area contributed by atoms with E-state index in [1.807, 2.05) is 30.0 Å². The Kier molecular flexibility index (Phi) is 12.4. The molecule has 10 nitrogen and oxygen atoms in total. The van der Waals surface area contributed by atoms with Crippen LogP contribution in [0.4, 0.5) is 11.6 Å². The Labute approximate surface area is 217 Å². The summed E-state index contributed by atoms with van der Waals surface area (Å²) in [7, 11) is 0. The molecular weight excluding hydrogens is 474 g/mol. The van der Waals surface area contributed by atoms with Gasteiger partial charge in [-0.1, -0.05) is 13.8 Å². The van der Waals surface area contributed by atoms with Crippen LogP contribution in [0.1, 0.15) is 39.5 Å². The highest BCUT2D eigenvalue weighted by Gasteiger charge is 2.18. The summed E-state index contributed by atoms with van der Waals surface area (Å²) < 4.78 is 0. The number of anilines is 2. The summed E-state index contributed by atoms with van der Waals surface area (Å²) in [6, 6.07) is 8.29. The van der Waals surface area contributed by atoms with Crippen LogP contribution in [0.25, 0.3) is 10.9 Å². The van der Waals surface area contributed by atoms with Crippen LogP contribution in [-0.2, 0) is 4.79 Å². The first-order valence-corrected chi connectivity index (χ1v) is 13.2. The minimum atomic E-state index is -0.724. The van der Waals surface area contributed by atoms with Crippen LogP contribution in [-0.4, -0.2) is 46.0 Å². The van der Waals surface area contributed by atoms with Crippen LogP contribution < -0.4 is 33.2 Å². The third-order valence-electron chi connectivity index (χ3n) is 5.34. The summed E-state index contributed by atoms with van der Waals surface area (Å²) >= 11 is 1.91. The summed E-state index contributed by atoms with van der Waals surface area (Å²) in [4.78, 5) is 20.4. The van der Waals surface area contributed by atoms with E-state index in [2.05, 4.69) is 40.9 Å². The molecule has 0 spiro atoms. The molecule has 0 bridgehead atoms. The number of hydrogen-bond acceptors (Lipinski definition) is 10. The summed E-state index contributed by atoms with van der Waals surface area (Å²) in [5.41, 5.74) is 17.4. The number of hydrogen-bond donors (Lipinski definition) is 6. The molecule has 0 saturated heterocycles. The van der Waals surface area contributed by atoms with Crippen molar-refractivity contribution in [2.24, 2.45) is 17.2 Å². The highest BCUT2D eigenvalue weighted by Crippen LogP contribution is 2.26. The van der Waals surface area contributed by atoms with Crippen molar-refractivity contribution in [3.8, 4) is 6.07 Å². The van der Waals surface area contributed by atoms with Gasteiger partial charge in [0.25, 0.3) is 5.91 Å². The fourth-order valence-electron chi connectivity index (χ4n) is 3.50. The van der Waals surface area contributed by atoms with E-state index in [9.17, 15) is 4.79 Å². The number of nitrogens with two attached hydrogens (primary N) is 3. The molecule has 2 unspecified atom stereocenters. The van der Waals surface area contributed by atoms with Gasteiger partial charge >= 0.3 is 0 Å². The smallest absolute Gasteiger partial charge is 0.264 e. The van der Waals surface area contributed by atoms with Crippen LogP contribution in [0.3, 0.4) is 0 Å². The molecule has 0 radical (unpaired) electrons. The maximum Gasteiger partial charge on any atom is 0.264 e. The number of nitrogens with one attached hydrogen (secondary N) is 3. The van der Waals surface area contributed by atoms with Gasteiger partial charge in [0, 0.05) is 48.5 Å². The maximum atomic E-state index is 11.1. The van der Waals surface area contributed by atoms with E-state index < -0.39 is 5.91 Å². The summed E-state index contributed by atoms with van der Waals surface area (Å²) in [5.74, 6) is 2.73. The molecule has 2 rings (SSSR count). The number of thioether (sulfide) groups is 1. The van der Waals surface area contributed by atoms with Crippen LogP contribution >= 0.6 is 11.8 Å². The van der Waals surface area contributed by atoms with Crippen molar-refractivity contribution >= 4 is 40.2 Å². The van der Waals surface area contributed by atoms with Gasteiger partial charge in [-0.25, -0.2) is 4.98 Å². The van der Waals surface area contributed by atoms with E-state index in [-0.39, 0.29) is 23.6 Å². The number of rotatable bonds is 16. The molecule has 0 fully saturated rings. The second-order valence-electron chi connectivity index (χ2n) is 8.28. The molecule has 1 amide bonds. The molecule has 11 heteroatoms. The minimum absolute atomic E-state index is 0.100. The Balaban J connectivity index is 2.31. The van der Waals surface area contributed by atoms with E-state index in [1.54, 1.807) is 6.20 Å². The third-order valence-corrected chi connectivity index (χ3v) is 6.67. The van der Waals surface area contributed by atoms with Gasteiger partial charge in [-0.3, -0.25) is 9.78 Å². The summed E-state index contributed by atoms with van der Waals surface area (Å²) in [5, 5.41) is 19.9. The van der Waals surface area contributed by atoms with Crippen LogP contribution in [0.5, 0.6) is 0 Å². The van der Waals surface area contributed by atoms with Crippen molar-refractivity contribution in [2.45, 2.75) is 51.6 Å². The number of fused-ring (bicyclic) bond motifs is 1. The molecule has 2 aromatic rings. The van der Waals surface area contributed by atoms with Gasteiger partial charge in [-0.2, -0.15) is 17.0 Å². The Morgan fingerprint density at radius 2 is 2.06 bits per heavy atom. The highest BCUT2D eigenvalue weighted by atomic mass is 32.2. The molecule has 36 heavy (non-hydrogen) atoms. The number of nitrogens with zero attached hydrogens (tertiary/aromatic N) is 3. The summed E-state index contributed by atoms with van der Waals surface area (Å²) in [6.07, 6.45) is 7.97. The molecule has 0 aromatic carbocycles. The molecular formula is C25H37N9OS. The zero-order chi connectivity index (χ0) is 26.3. The molecule has 0 aliphatic carbocycles. The second-order valence-corrected chi connectivity index (χ2v) is 9.43. The molecule has 194 valence electrons. The average molecular weight is 512 g/mol. The number of carbonyl (C=O) groups is 1. The zero-order valence-electron chi connectivity index (χ0n) is 21.0. The largest absolute Gasteiger partial charge is 0.394 e. The predicted molar refractivity (Wildman–Crippen MR) is 149 cm³/mol. The molecule has 2 atom stereocenters.